The minimum absolute atomic E-state index is 0.810. The largest absolute Gasteiger partial charge is 0.270 e. The number of benzene rings is 1. The molecule has 0 atom stereocenters. The summed E-state index contributed by atoms with van der Waals surface area (Å²) in [4.78, 5) is 8.42. The molecule has 4 rings (SSSR count). The average molecular weight is 307 g/mol. The summed E-state index contributed by atoms with van der Waals surface area (Å²) in [6, 6.07) is 12.3. The van der Waals surface area contributed by atoms with E-state index in [0.717, 1.165) is 27.0 Å². The van der Waals surface area contributed by atoms with Crippen LogP contribution in [0.3, 0.4) is 0 Å². The van der Waals surface area contributed by atoms with Crippen LogP contribution in [0.4, 0.5) is 0 Å². The van der Waals surface area contributed by atoms with Crippen molar-refractivity contribution in [3.8, 4) is 0 Å². The average Bonchev–Trinajstić information content (AvgIpc) is 2.90. The molecule has 0 N–H and O–H groups in total. The van der Waals surface area contributed by atoms with Crippen LogP contribution in [-0.4, -0.2) is 24.6 Å². The molecule has 6 heteroatoms. The van der Waals surface area contributed by atoms with E-state index in [-0.39, 0.29) is 0 Å². The highest BCUT2D eigenvalue weighted by molar-refractivity contribution is 7.99. The lowest BCUT2D eigenvalue weighted by molar-refractivity contribution is 0.928. The fourth-order valence-corrected chi connectivity index (χ4v) is 3.40. The van der Waals surface area contributed by atoms with Gasteiger partial charge in [-0.15, -0.1) is 10.2 Å². The van der Waals surface area contributed by atoms with Crippen molar-refractivity contribution in [2.75, 3.05) is 0 Å². The number of hydrogen-bond donors (Lipinski definition) is 0. The molecular weight excluding hydrogens is 294 g/mol. The van der Waals surface area contributed by atoms with Crippen molar-refractivity contribution >= 4 is 28.3 Å². The monoisotopic (exact) mass is 307 g/mol. The maximum Gasteiger partial charge on any atom is 0.202 e. The van der Waals surface area contributed by atoms with Gasteiger partial charge in [-0.05, 0) is 49.4 Å². The standard InChI is InChI=1S/C16H13N5S/c1-10-7-14-19-20-16(22-15-8-11(2)17-9-18-15)21(14)13-6-4-3-5-12(10)13/h3-9H,1-2H3. The van der Waals surface area contributed by atoms with E-state index in [4.69, 9.17) is 0 Å². The molecular formula is C16H13N5S. The van der Waals surface area contributed by atoms with Gasteiger partial charge >= 0.3 is 0 Å². The first-order chi connectivity index (χ1) is 10.7. The van der Waals surface area contributed by atoms with Gasteiger partial charge in [-0.2, -0.15) is 0 Å². The molecule has 0 aliphatic heterocycles. The second-order valence-electron chi connectivity index (χ2n) is 5.12. The number of fused-ring (bicyclic) bond motifs is 3. The van der Waals surface area contributed by atoms with E-state index < -0.39 is 0 Å². The highest BCUT2D eigenvalue weighted by Crippen LogP contribution is 2.29. The Balaban J connectivity index is 1.94. The van der Waals surface area contributed by atoms with Crippen molar-refractivity contribution in [1.82, 2.24) is 24.6 Å². The lowest BCUT2D eigenvalue weighted by atomic mass is 10.1. The van der Waals surface area contributed by atoms with Crippen LogP contribution < -0.4 is 0 Å². The van der Waals surface area contributed by atoms with Gasteiger partial charge in [0.2, 0.25) is 5.16 Å². The van der Waals surface area contributed by atoms with Crippen LogP contribution in [0, 0.1) is 13.8 Å². The molecule has 0 saturated heterocycles. The first kappa shape index (κ1) is 13.2. The lowest BCUT2D eigenvalue weighted by Crippen LogP contribution is -1.93. The van der Waals surface area contributed by atoms with Crippen LogP contribution in [0.1, 0.15) is 11.3 Å². The molecule has 3 aromatic heterocycles. The van der Waals surface area contributed by atoms with Gasteiger partial charge < -0.3 is 0 Å². The Labute approximate surface area is 131 Å². The van der Waals surface area contributed by atoms with Crippen LogP contribution in [-0.2, 0) is 0 Å². The summed E-state index contributed by atoms with van der Waals surface area (Å²) in [5, 5.41) is 11.5. The van der Waals surface area contributed by atoms with E-state index in [9.17, 15) is 0 Å². The molecule has 3 heterocycles. The van der Waals surface area contributed by atoms with Crippen LogP contribution >= 0.6 is 11.8 Å². The summed E-state index contributed by atoms with van der Waals surface area (Å²) in [6.45, 7) is 4.05. The maximum atomic E-state index is 4.33. The van der Waals surface area contributed by atoms with Crippen molar-refractivity contribution < 1.29 is 0 Å². The van der Waals surface area contributed by atoms with Crippen molar-refractivity contribution in [1.29, 1.82) is 0 Å². The molecule has 0 spiro atoms. The first-order valence-corrected chi connectivity index (χ1v) is 7.74. The summed E-state index contributed by atoms with van der Waals surface area (Å²) in [5.74, 6) is 0. The SMILES string of the molecule is Cc1cc(Sc2nnc3cc(C)c4ccccc4n23)ncn1. The van der Waals surface area contributed by atoms with Crippen LogP contribution in [0.15, 0.2) is 52.9 Å². The summed E-state index contributed by atoms with van der Waals surface area (Å²) in [5.41, 5.74) is 4.09. The Morgan fingerprint density at radius 3 is 2.73 bits per heavy atom. The van der Waals surface area contributed by atoms with E-state index >= 15 is 0 Å². The Hall–Kier alpha value is -2.47. The van der Waals surface area contributed by atoms with Gasteiger partial charge in [-0.1, -0.05) is 18.2 Å². The van der Waals surface area contributed by atoms with E-state index in [0.29, 0.717) is 0 Å². The number of aryl methyl sites for hydroxylation is 2. The molecule has 0 fully saturated rings. The van der Waals surface area contributed by atoms with Gasteiger partial charge in [0.25, 0.3) is 0 Å². The van der Waals surface area contributed by atoms with E-state index in [1.807, 2.05) is 25.1 Å². The second-order valence-corrected chi connectivity index (χ2v) is 6.11. The van der Waals surface area contributed by atoms with Crippen molar-refractivity contribution in [2.45, 2.75) is 24.0 Å². The molecule has 0 amide bonds. The minimum atomic E-state index is 0.810. The molecule has 22 heavy (non-hydrogen) atoms. The molecule has 0 radical (unpaired) electrons. The third-order valence-electron chi connectivity index (χ3n) is 3.55. The fraction of sp³-hybridized carbons (Fsp3) is 0.125. The van der Waals surface area contributed by atoms with Crippen LogP contribution in [0.2, 0.25) is 0 Å². The number of rotatable bonds is 2. The Kier molecular flexibility index (Phi) is 3.04. The number of nitrogens with zero attached hydrogens (tertiary/aromatic N) is 5. The van der Waals surface area contributed by atoms with Crippen molar-refractivity contribution in [3.63, 3.8) is 0 Å². The summed E-state index contributed by atoms with van der Waals surface area (Å²) < 4.78 is 2.07. The second kappa shape index (κ2) is 5.06. The van der Waals surface area contributed by atoms with E-state index in [2.05, 4.69) is 49.7 Å². The number of hydrogen-bond acceptors (Lipinski definition) is 5. The molecule has 5 nitrogen and oxygen atoms in total. The molecule has 0 saturated carbocycles. The highest BCUT2D eigenvalue weighted by atomic mass is 32.2. The predicted molar refractivity (Wildman–Crippen MR) is 86.1 cm³/mol. The molecule has 0 unspecified atom stereocenters. The third kappa shape index (κ3) is 2.12. The predicted octanol–water partition coefficient (Wildman–Crippen LogP) is 3.44. The molecule has 108 valence electrons. The Morgan fingerprint density at radius 1 is 1.00 bits per heavy atom. The molecule has 0 aliphatic rings. The third-order valence-corrected chi connectivity index (χ3v) is 4.43. The lowest BCUT2D eigenvalue weighted by Gasteiger charge is -2.07. The van der Waals surface area contributed by atoms with Crippen LogP contribution in [0.5, 0.6) is 0 Å². The first-order valence-electron chi connectivity index (χ1n) is 6.92. The van der Waals surface area contributed by atoms with Crippen LogP contribution in [0.25, 0.3) is 16.6 Å². The van der Waals surface area contributed by atoms with Crippen molar-refractivity contribution in [2.24, 2.45) is 0 Å². The fourth-order valence-electron chi connectivity index (χ4n) is 2.52. The maximum absolute atomic E-state index is 4.33. The zero-order valence-electron chi connectivity index (χ0n) is 12.2. The number of para-hydroxylation sites is 1. The smallest absolute Gasteiger partial charge is 0.202 e. The molecule has 0 aliphatic carbocycles. The zero-order chi connectivity index (χ0) is 15.1. The van der Waals surface area contributed by atoms with Gasteiger partial charge in [0.1, 0.15) is 11.4 Å². The van der Waals surface area contributed by atoms with Gasteiger partial charge in [0.05, 0.1) is 5.52 Å². The highest BCUT2D eigenvalue weighted by Gasteiger charge is 2.12. The molecule has 0 bridgehead atoms. The van der Waals surface area contributed by atoms with Gasteiger partial charge in [0.15, 0.2) is 5.65 Å². The number of pyridine rings is 1. The molecule has 1 aromatic carbocycles. The summed E-state index contributed by atoms with van der Waals surface area (Å²) >= 11 is 1.50. The van der Waals surface area contributed by atoms with Crippen molar-refractivity contribution in [3.05, 3.63) is 54.0 Å². The van der Waals surface area contributed by atoms with Gasteiger partial charge in [-0.25, -0.2) is 9.97 Å². The van der Waals surface area contributed by atoms with E-state index in [1.54, 1.807) is 6.33 Å². The topological polar surface area (TPSA) is 56.0 Å². The Bertz CT molecular complexity index is 992. The normalized spacial score (nSPS) is 11.4. The zero-order valence-corrected chi connectivity index (χ0v) is 13.0. The molecule has 4 aromatic rings. The van der Waals surface area contributed by atoms with Gasteiger partial charge in [-0.3, -0.25) is 4.40 Å². The minimum Gasteiger partial charge on any atom is -0.270 e. The summed E-state index contributed by atoms with van der Waals surface area (Å²) in [6.07, 6.45) is 1.57. The van der Waals surface area contributed by atoms with E-state index in [1.165, 1.54) is 22.7 Å². The number of aromatic nitrogens is 5. The van der Waals surface area contributed by atoms with Gasteiger partial charge in [0, 0.05) is 11.1 Å². The Morgan fingerprint density at radius 2 is 1.86 bits per heavy atom. The summed E-state index contributed by atoms with van der Waals surface area (Å²) in [7, 11) is 0. The quantitative estimate of drug-likeness (QED) is 0.531.